The first-order chi connectivity index (χ1) is 10.6. The zero-order valence-electron chi connectivity index (χ0n) is 11.7. The summed E-state index contributed by atoms with van der Waals surface area (Å²) >= 11 is 0. The molecule has 1 aliphatic heterocycles. The van der Waals surface area contributed by atoms with Gasteiger partial charge in [-0.1, -0.05) is 0 Å². The summed E-state index contributed by atoms with van der Waals surface area (Å²) < 4.78 is 44.4. The maximum absolute atomic E-state index is 13.0. The Bertz CT molecular complexity index is 739. The molecule has 9 heteroatoms. The molecule has 3 rings (SSSR count). The van der Waals surface area contributed by atoms with Crippen molar-refractivity contribution in [2.75, 3.05) is 13.2 Å². The summed E-state index contributed by atoms with van der Waals surface area (Å²) in [5.74, 6) is -0.451. The van der Waals surface area contributed by atoms with Crippen molar-refractivity contribution in [2.45, 2.75) is 23.8 Å². The van der Waals surface area contributed by atoms with Crippen LogP contribution < -0.4 is 0 Å². The highest BCUT2D eigenvalue weighted by Gasteiger charge is 2.30. The van der Waals surface area contributed by atoms with Gasteiger partial charge in [0.15, 0.2) is 15.7 Å². The minimum Gasteiger partial charge on any atom is -0.380 e. The molecule has 1 aliphatic rings. The van der Waals surface area contributed by atoms with Crippen LogP contribution in [0.2, 0.25) is 0 Å². The Balaban J connectivity index is 1.84. The van der Waals surface area contributed by atoms with Crippen molar-refractivity contribution in [3.05, 3.63) is 35.9 Å². The van der Waals surface area contributed by atoms with E-state index in [0.717, 1.165) is 6.42 Å². The van der Waals surface area contributed by atoms with Crippen LogP contribution in [0.4, 0.5) is 4.39 Å². The van der Waals surface area contributed by atoms with Crippen molar-refractivity contribution < 1.29 is 17.5 Å². The van der Waals surface area contributed by atoms with Gasteiger partial charge >= 0.3 is 0 Å². The summed E-state index contributed by atoms with van der Waals surface area (Å²) in [7, 11) is -3.41. The SMILES string of the molecule is O=S(=O)(Cc1nnnn1-c1ccc(F)cc1)C1CCCOC1. The molecule has 1 atom stereocenters. The number of hydrogen-bond donors (Lipinski definition) is 0. The minimum atomic E-state index is -3.41. The normalized spacial score (nSPS) is 19.2. The average molecular weight is 326 g/mol. The first-order valence-electron chi connectivity index (χ1n) is 6.89. The van der Waals surface area contributed by atoms with Crippen molar-refractivity contribution in [2.24, 2.45) is 0 Å². The van der Waals surface area contributed by atoms with Gasteiger partial charge in [0.1, 0.15) is 11.6 Å². The van der Waals surface area contributed by atoms with Crippen LogP contribution in [0.3, 0.4) is 0 Å². The molecule has 1 aromatic carbocycles. The third-order valence-corrected chi connectivity index (χ3v) is 5.61. The van der Waals surface area contributed by atoms with Crippen LogP contribution in [0.15, 0.2) is 24.3 Å². The Morgan fingerprint density at radius 1 is 1.32 bits per heavy atom. The van der Waals surface area contributed by atoms with Crippen LogP contribution in [0.1, 0.15) is 18.7 Å². The summed E-state index contributed by atoms with van der Waals surface area (Å²) in [5.41, 5.74) is 0.511. The highest BCUT2D eigenvalue weighted by molar-refractivity contribution is 7.91. The van der Waals surface area contributed by atoms with Crippen molar-refractivity contribution in [3.63, 3.8) is 0 Å². The molecular formula is C13H15FN4O3S. The molecule has 2 heterocycles. The summed E-state index contributed by atoms with van der Waals surface area (Å²) in [5, 5.41) is 10.6. The minimum absolute atomic E-state index is 0.206. The zero-order chi connectivity index (χ0) is 15.6. The van der Waals surface area contributed by atoms with E-state index in [1.165, 1.54) is 28.9 Å². The van der Waals surface area contributed by atoms with Gasteiger partial charge in [-0.3, -0.25) is 0 Å². The molecule has 22 heavy (non-hydrogen) atoms. The fourth-order valence-electron chi connectivity index (χ4n) is 2.37. The van der Waals surface area contributed by atoms with E-state index in [-0.39, 0.29) is 24.0 Å². The van der Waals surface area contributed by atoms with E-state index in [4.69, 9.17) is 4.74 Å². The van der Waals surface area contributed by atoms with Gasteiger partial charge in [-0.2, -0.15) is 4.68 Å². The molecule has 0 N–H and O–H groups in total. The lowest BCUT2D eigenvalue weighted by Gasteiger charge is -2.21. The number of hydrogen-bond acceptors (Lipinski definition) is 6. The topological polar surface area (TPSA) is 87.0 Å². The van der Waals surface area contributed by atoms with Gasteiger partial charge in [0.05, 0.1) is 17.5 Å². The van der Waals surface area contributed by atoms with Gasteiger partial charge in [-0.05, 0) is 47.5 Å². The molecule has 0 aliphatic carbocycles. The number of tetrazole rings is 1. The number of aromatic nitrogens is 4. The standard InChI is InChI=1S/C13H15FN4O3S/c14-10-3-5-11(6-4-10)18-13(15-16-17-18)9-22(19,20)12-2-1-7-21-8-12/h3-6,12H,1-2,7-9H2. The van der Waals surface area contributed by atoms with Crippen LogP contribution in [0, 0.1) is 5.82 Å². The molecule has 1 saturated heterocycles. The van der Waals surface area contributed by atoms with Crippen LogP contribution in [0.25, 0.3) is 5.69 Å². The van der Waals surface area contributed by atoms with E-state index in [1.807, 2.05) is 0 Å². The van der Waals surface area contributed by atoms with Gasteiger partial charge in [0.25, 0.3) is 0 Å². The number of rotatable bonds is 4. The molecule has 0 radical (unpaired) electrons. The molecule has 1 unspecified atom stereocenters. The van der Waals surface area contributed by atoms with E-state index >= 15 is 0 Å². The summed E-state index contributed by atoms with van der Waals surface area (Å²) in [6.45, 7) is 0.805. The highest BCUT2D eigenvalue weighted by atomic mass is 32.2. The number of halogens is 1. The zero-order valence-corrected chi connectivity index (χ0v) is 12.5. The van der Waals surface area contributed by atoms with Gasteiger partial charge in [-0.25, -0.2) is 12.8 Å². The van der Waals surface area contributed by atoms with Gasteiger partial charge in [-0.15, -0.1) is 5.10 Å². The van der Waals surface area contributed by atoms with E-state index in [1.54, 1.807) is 0 Å². The maximum Gasteiger partial charge on any atom is 0.171 e. The van der Waals surface area contributed by atoms with Crippen molar-refractivity contribution in [3.8, 4) is 5.69 Å². The van der Waals surface area contributed by atoms with Gasteiger partial charge in [0.2, 0.25) is 0 Å². The summed E-state index contributed by atoms with van der Waals surface area (Å²) in [6.07, 6.45) is 1.31. The second-order valence-corrected chi connectivity index (χ2v) is 7.41. The highest BCUT2D eigenvalue weighted by Crippen LogP contribution is 2.19. The van der Waals surface area contributed by atoms with Gasteiger partial charge < -0.3 is 4.74 Å². The lowest BCUT2D eigenvalue weighted by Crippen LogP contribution is -2.32. The molecule has 0 bridgehead atoms. The predicted octanol–water partition coefficient (Wildman–Crippen LogP) is 0.895. The lowest BCUT2D eigenvalue weighted by atomic mass is 10.2. The number of benzene rings is 1. The Morgan fingerprint density at radius 2 is 2.09 bits per heavy atom. The quantitative estimate of drug-likeness (QED) is 0.829. The third-order valence-electron chi connectivity index (χ3n) is 3.56. The van der Waals surface area contributed by atoms with Crippen LogP contribution in [0.5, 0.6) is 0 Å². The van der Waals surface area contributed by atoms with E-state index in [2.05, 4.69) is 15.5 Å². The van der Waals surface area contributed by atoms with E-state index in [9.17, 15) is 12.8 Å². The molecular weight excluding hydrogens is 311 g/mol. The molecule has 2 aromatic rings. The molecule has 7 nitrogen and oxygen atoms in total. The molecule has 1 fully saturated rings. The van der Waals surface area contributed by atoms with E-state index < -0.39 is 15.1 Å². The van der Waals surface area contributed by atoms with Crippen LogP contribution >= 0.6 is 0 Å². The fourth-order valence-corrected chi connectivity index (χ4v) is 3.98. The first kappa shape index (κ1) is 15.0. The van der Waals surface area contributed by atoms with Crippen LogP contribution in [-0.2, 0) is 20.3 Å². The predicted molar refractivity (Wildman–Crippen MR) is 75.6 cm³/mol. The Hall–Kier alpha value is -1.87. The second-order valence-electron chi connectivity index (χ2n) is 5.13. The van der Waals surface area contributed by atoms with Crippen molar-refractivity contribution in [1.82, 2.24) is 20.2 Å². The first-order valence-corrected chi connectivity index (χ1v) is 8.60. The van der Waals surface area contributed by atoms with Crippen molar-refractivity contribution in [1.29, 1.82) is 0 Å². The third kappa shape index (κ3) is 3.14. The number of sulfone groups is 1. The molecule has 0 spiro atoms. The largest absolute Gasteiger partial charge is 0.380 e. The Kier molecular flexibility index (Phi) is 4.16. The molecule has 0 saturated carbocycles. The smallest absolute Gasteiger partial charge is 0.171 e. The molecule has 1 aromatic heterocycles. The molecule has 118 valence electrons. The lowest BCUT2D eigenvalue weighted by molar-refractivity contribution is 0.0990. The maximum atomic E-state index is 13.0. The number of ether oxygens (including phenoxy) is 1. The number of nitrogens with zero attached hydrogens (tertiary/aromatic N) is 4. The van der Waals surface area contributed by atoms with E-state index in [0.29, 0.717) is 18.7 Å². The molecule has 0 amide bonds. The van der Waals surface area contributed by atoms with Crippen molar-refractivity contribution >= 4 is 9.84 Å². The fraction of sp³-hybridized carbons (Fsp3) is 0.462. The Morgan fingerprint density at radius 3 is 2.77 bits per heavy atom. The average Bonchev–Trinajstić information content (AvgIpc) is 2.96. The Labute approximate surface area is 127 Å². The second kappa shape index (κ2) is 6.09. The summed E-state index contributed by atoms with van der Waals surface area (Å²) in [4.78, 5) is 0. The van der Waals surface area contributed by atoms with Gasteiger partial charge in [0, 0.05) is 6.61 Å². The monoisotopic (exact) mass is 326 g/mol. The van der Waals surface area contributed by atoms with Crippen LogP contribution in [-0.4, -0.2) is 47.1 Å². The summed E-state index contributed by atoms with van der Waals surface area (Å²) in [6, 6.07) is 5.52.